The molecule has 0 N–H and O–H groups in total. The number of benzene rings is 1. The molecule has 0 atom stereocenters. The Bertz CT molecular complexity index is 1340. The lowest BCUT2D eigenvalue weighted by Gasteiger charge is -2.31. The zero-order valence-corrected chi connectivity index (χ0v) is 16.3. The third-order valence-corrected chi connectivity index (χ3v) is 6.12. The van der Waals surface area contributed by atoms with Crippen molar-refractivity contribution in [1.82, 2.24) is 24.6 Å². The van der Waals surface area contributed by atoms with Gasteiger partial charge in [-0.25, -0.2) is 4.39 Å². The van der Waals surface area contributed by atoms with Crippen LogP contribution >= 0.6 is 0 Å². The number of aromatic nitrogens is 5. The summed E-state index contributed by atoms with van der Waals surface area (Å²) >= 11 is 0. The summed E-state index contributed by atoms with van der Waals surface area (Å²) in [6, 6.07) is 5.03. The molecule has 3 aromatic heterocycles. The van der Waals surface area contributed by atoms with Crippen LogP contribution in [0.4, 0.5) is 15.9 Å². The average Bonchev–Trinajstić information content (AvgIpc) is 3.21. The lowest BCUT2D eigenvalue weighted by Crippen LogP contribution is -2.27. The van der Waals surface area contributed by atoms with Gasteiger partial charge in [0.2, 0.25) is 0 Å². The molecule has 1 aromatic carbocycles. The maximum atomic E-state index is 15.0. The van der Waals surface area contributed by atoms with Gasteiger partial charge in [-0.3, -0.25) is 9.38 Å². The molecule has 0 spiro atoms. The number of fused-ring (bicyclic) bond motifs is 4. The molecule has 7 heteroatoms. The van der Waals surface area contributed by atoms with Crippen LogP contribution in [-0.4, -0.2) is 31.1 Å². The largest absolute Gasteiger partial charge is 0.324 e. The van der Waals surface area contributed by atoms with Crippen molar-refractivity contribution >= 4 is 28.2 Å². The van der Waals surface area contributed by atoms with Gasteiger partial charge in [0, 0.05) is 24.2 Å². The van der Waals surface area contributed by atoms with Crippen LogP contribution < -0.4 is 4.90 Å². The van der Waals surface area contributed by atoms with E-state index >= 15 is 0 Å². The lowest BCUT2D eigenvalue weighted by atomic mass is 9.86. The fraction of sp³-hybridized carbons (Fsp3) is 0.304. The van der Waals surface area contributed by atoms with Crippen LogP contribution in [0, 0.1) is 23.6 Å². The lowest BCUT2D eigenvalue weighted by molar-refractivity contribution is 0.401. The minimum atomic E-state index is -0.313. The van der Waals surface area contributed by atoms with E-state index in [9.17, 15) is 4.39 Å². The molecule has 4 heterocycles. The molecule has 30 heavy (non-hydrogen) atoms. The second-order valence-electron chi connectivity index (χ2n) is 7.91. The van der Waals surface area contributed by atoms with Gasteiger partial charge < -0.3 is 4.90 Å². The Kier molecular flexibility index (Phi) is 3.91. The van der Waals surface area contributed by atoms with Crippen molar-refractivity contribution in [2.75, 3.05) is 11.4 Å². The molecule has 0 unspecified atom stereocenters. The molecule has 1 fully saturated rings. The van der Waals surface area contributed by atoms with Gasteiger partial charge in [-0.15, -0.1) is 10.2 Å². The fourth-order valence-corrected chi connectivity index (χ4v) is 4.32. The molecule has 1 saturated carbocycles. The summed E-state index contributed by atoms with van der Waals surface area (Å²) in [5.41, 5.74) is 3.77. The van der Waals surface area contributed by atoms with E-state index in [2.05, 4.69) is 36.9 Å². The van der Waals surface area contributed by atoms with Gasteiger partial charge in [0.25, 0.3) is 5.78 Å². The Hall–Kier alpha value is -3.53. The summed E-state index contributed by atoms with van der Waals surface area (Å²) in [6.45, 7) is 0.731. The van der Waals surface area contributed by atoms with Crippen LogP contribution in [0.5, 0.6) is 0 Å². The number of pyridine rings is 1. The predicted octanol–water partition coefficient (Wildman–Crippen LogP) is 4.05. The highest BCUT2D eigenvalue weighted by Gasteiger charge is 2.26. The molecule has 0 amide bonds. The van der Waals surface area contributed by atoms with E-state index in [1.165, 1.54) is 25.3 Å². The average molecular weight is 398 g/mol. The highest BCUT2D eigenvalue weighted by atomic mass is 19.1. The molecule has 6 nitrogen and oxygen atoms in total. The maximum Gasteiger partial charge on any atom is 0.257 e. The number of halogens is 1. The van der Waals surface area contributed by atoms with Crippen molar-refractivity contribution in [3.8, 4) is 11.8 Å². The molecule has 0 saturated heterocycles. The van der Waals surface area contributed by atoms with Crippen LogP contribution in [0.1, 0.15) is 36.8 Å². The summed E-state index contributed by atoms with van der Waals surface area (Å²) in [4.78, 5) is 11.2. The van der Waals surface area contributed by atoms with Gasteiger partial charge >= 0.3 is 0 Å². The Morgan fingerprint density at radius 3 is 2.93 bits per heavy atom. The van der Waals surface area contributed by atoms with E-state index in [0.29, 0.717) is 28.4 Å². The second kappa shape index (κ2) is 6.77. The number of anilines is 2. The first-order valence-corrected chi connectivity index (χ1v) is 10.3. The van der Waals surface area contributed by atoms with E-state index in [1.54, 1.807) is 16.8 Å². The number of nitrogens with zero attached hydrogens (tertiary/aromatic N) is 6. The molecule has 4 aromatic rings. The summed E-state index contributed by atoms with van der Waals surface area (Å²) in [5.74, 6) is 7.95. The van der Waals surface area contributed by atoms with Gasteiger partial charge in [0.05, 0.1) is 22.8 Å². The number of hydrogen-bond acceptors (Lipinski definition) is 5. The third-order valence-electron chi connectivity index (χ3n) is 6.12. The van der Waals surface area contributed by atoms with Crippen LogP contribution in [-0.2, 0) is 6.42 Å². The molecule has 2 aliphatic rings. The van der Waals surface area contributed by atoms with Crippen molar-refractivity contribution in [3.05, 3.63) is 53.9 Å². The molecular formula is C23H19FN6. The Labute approximate surface area is 172 Å². The molecule has 148 valence electrons. The highest BCUT2D eigenvalue weighted by Crippen LogP contribution is 2.38. The zero-order chi connectivity index (χ0) is 20.1. The monoisotopic (exact) mass is 398 g/mol. The summed E-state index contributed by atoms with van der Waals surface area (Å²) in [5, 5.41) is 8.53. The quantitative estimate of drug-likeness (QED) is 0.453. The minimum absolute atomic E-state index is 0.313. The SMILES string of the molecule is Fc1cccc2c1c(N1CCCc3c(C#CC4CCC4)cncc31)nc1nncn12. The molecule has 1 aliphatic heterocycles. The Morgan fingerprint density at radius 1 is 1.13 bits per heavy atom. The third kappa shape index (κ3) is 2.64. The van der Waals surface area contributed by atoms with Gasteiger partial charge in [0.15, 0.2) is 0 Å². The van der Waals surface area contributed by atoms with E-state index in [0.717, 1.165) is 36.2 Å². The molecule has 0 bridgehead atoms. The van der Waals surface area contributed by atoms with E-state index < -0.39 is 0 Å². The van der Waals surface area contributed by atoms with Gasteiger partial charge in [-0.05, 0) is 43.4 Å². The topological polar surface area (TPSA) is 59.2 Å². The summed E-state index contributed by atoms with van der Waals surface area (Å²) < 4.78 is 16.7. The van der Waals surface area contributed by atoms with Crippen LogP contribution in [0.25, 0.3) is 16.7 Å². The van der Waals surface area contributed by atoms with E-state index in [-0.39, 0.29) is 5.82 Å². The summed E-state index contributed by atoms with van der Waals surface area (Å²) in [6.07, 6.45) is 10.8. The van der Waals surface area contributed by atoms with Crippen molar-refractivity contribution < 1.29 is 4.39 Å². The van der Waals surface area contributed by atoms with Crippen molar-refractivity contribution in [3.63, 3.8) is 0 Å². The molecule has 6 rings (SSSR count). The minimum Gasteiger partial charge on any atom is -0.324 e. The first kappa shape index (κ1) is 17.3. The highest BCUT2D eigenvalue weighted by molar-refractivity contribution is 5.94. The molecule has 0 radical (unpaired) electrons. The standard InChI is InChI=1S/C23H19FN6/c24-18-7-2-8-19-21(18)22(27-23-28-26-14-30(19)23)29-11-3-6-17-16(12-25-13-20(17)29)10-9-15-4-1-5-15/h2,7-8,12-15H,1,3-6,11H2. The van der Waals surface area contributed by atoms with E-state index in [4.69, 9.17) is 0 Å². The van der Waals surface area contributed by atoms with Gasteiger partial charge in [-0.1, -0.05) is 24.3 Å². The van der Waals surface area contributed by atoms with Crippen molar-refractivity contribution in [2.45, 2.75) is 32.1 Å². The smallest absolute Gasteiger partial charge is 0.257 e. The predicted molar refractivity (Wildman–Crippen MR) is 112 cm³/mol. The maximum absolute atomic E-state index is 15.0. The van der Waals surface area contributed by atoms with Crippen molar-refractivity contribution in [1.29, 1.82) is 0 Å². The zero-order valence-electron chi connectivity index (χ0n) is 16.3. The Morgan fingerprint density at radius 2 is 2.07 bits per heavy atom. The Balaban J connectivity index is 1.54. The molecular weight excluding hydrogens is 379 g/mol. The summed E-state index contributed by atoms with van der Waals surface area (Å²) in [7, 11) is 0. The van der Waals surface area contributed by atoms with Crippen LogP contribution in [0.15, 0.2) is 36.9 Å². The van der Waals surface area contributed by atoms with Crippen LogP contribution in [0.3, 0.4) is 0 Å². The fourth-order valence-electron chi connectivity index (χ4n) is 4.32. The van der Waals surface area contributed by atoms with Gasteiger partial charge in [-0.2, -0.15) is 4.98 Å². The number of hydrogen-bond donors (Lipinski definition) is 0. The van der Waals surface area contributed by atoms with Crippen LogP contribution in [0.2, 0.25) is 0 Å². The number of rotatable bonds is 1. The molecule has 1 aliphatic carbocycles. The van der Waals surface area contributed by atoms with Gasteiger partial charge in [0.1, 0.15) is 18.0 Å². The van der Waals surface area contributed by atoms with E-state index in [1.807, 2.05) is 18.5 Å². The normalized spacial score (nSPS) is 16.2. The first-order chi connectivity index (χ1) is 14.8. The second-order valence-corrected chi connectivity index (χ2v) is 7.91. The van der Waals surface area contributed by atoms with Crippen molar-refractivity contribution in [2.24, 2.45) is 5.92 Å². The first-order valence-electron chi connectivity index (χ1n) is 10.3.